The number of hydrogen-bond donors (Lipinski definition) is 1. The smallest absolute Gasteiger partial charge is 0.290 e. The Kier molecular flexibility index (Phi) is 5.02. The first kappa shape index (κ1) is 18.1. The van der Waals surface area contributed by atoms with Gasteiger partial charge in [0.1, 0.15) is 5.76 Å². The molecule has 0 saturated carbocycles. The number of piperidine rings is 1. The molecule has 0 bridgehead atoms. The largest absolute Gasteiger partial charge is 0.455 e. The molecule has 1 aromatic rings. The Hall–Kier alpha value is -1.67. The summed E-state index contributed by atoms with van der Waals surface area (Å²) in [7, 11) is -3.31. The molecule has 3 rings (SSSR count). The van der Waals surface area contributed by atoms with E-state index in [1.54, 1.807) is 11.8 Å². The molecule has 8 heteroatoms. The van der Waals surface area contributed by atoms with Crippen molar-refractivity contribution in [3.05, 3.63) is 22.6 Å². The standard InChI is InChI=1S/C17H24N2O5S/c1-11-15-13(20)7-5-8-14(15)24-16(11)17(21)19-9-4-3-6-12(19)10-18-25(2,22)23/h12,18H,3-10H2,1-2H3/t12-/m0/s1. The van der Waals surface area contributed by atoms with Gasteiger partial charge in [-0.05, 0) is 32.6 Å². The summed E-state index contributed by atoms with van der Waals surface area (Å²) in [5, 5.41) is 0. The van der Waals surface area contributed by atoms with Crippen LogP contribution in [-0.4, -0.2) is 50.4 Å². The normalized spacial score (nSPS) is 21.3. The molecule has 7 nitrogen and oxygen atoms in total. The first-order valence-corrected chi connectivity index (χ1v) is 10.6. The highest BCUT2D eigenvalue weighted by atomic mass is 32.2. The van der Waals surface area contributed by atoms with Crippen LogP contribution in [0.3, 0.4) is 0 Å². The van der Waals surface area contributed by atoms with Crippen LogP contribution in [0, 0.1) is 6.92 Å². The van der Waals surface area contributed by atoms with Crippen molar-refractivity contribution < 1.29 is 22.4 Å². The number of carbonyl (C=O) groups excluding carboxylic acids is 2. The summed E-state index contributed by atoms with van der Waals surface area (Å²) in [6, 6.07) is -0.201. The minimum absolute atomic E-state index is 0.0375. The van der Waals surface area contributed by atoms with Gasteiger partial charge in [-0.25, -0.2) is 13.1 Å². The minimum Gasteiger partial charge on any atom is -0.455 e. The number of aryl methyl sites for hydroxylation is 1. The van der Waals surface area contributed by atoms with Crippen molar-refractivity contribution >= 4 is 21.7 Å². The lowest BCUT2D eigenvalue weighted by Crippen LogP contribution is -2.49. The van der Waals surface area contributed by atoms with E-state index >= 15 is 0 Å². The molecule has 0 radical (unpaired) electrons. The van der Waals surface area contributed by atoms with Gasteiger partial charge in [0.15, 0.2) is 11.5 Å². The average Bonchev–Trinajstić information content (AvgIpc) is 2.90. The predicted octanol–water partition coefficient (Wildman–Crippen LogP) is 1.65. The van der Waals surface area contributed by atoms with Gasteiger partial charge in [0.2, 0.25) is 10.0 Å². The molecule has 2 heterocycles. The minimum atomic E-state index is -3.31. The Balaban J connectivity index is 1.84. The topological polar surface area (TPSA) is 96.7 Å². The lowest BCUT2D eigenvalue weighted by molar-refractivity contribution is 0.0583. The van der Waals surface area contributed by atoms with Crippen molar-refractivity contribution in [1.29, 1.82) is 0 Å². The summed E-state index contributed by atoms with van der Waals surface area (Å²) in [5.41, 5.74) is 1.18. The Bertz CT molecular complexity index is 796. The molecule has 1 amide bonds. The van der Waals surface area contributed by atoms with Gasteiger partial charge in [-0.15, -0.1) is 0 Å². The molecule has 1 aliphatic carbocycles. The fraction of sp³-hybridized carbons (Fsp3) is 0.647. The zero-order valence-electron chi connectivity index (χ0n) is 14.6. The fourth-order valence-electron chi connectivity index (χ4n) is 3.71. The Labute approximate surface area is 147 Å². The van der Waals surface area contributed by atoms with Crippen molar-refractivity contribution in [2.24, 2.45) is 0 Å². The van der Waals surface area contributed by atoms with E-state index in [9.17, 15) is 18.0 Å². The average molecular weight is 368 g/mol. The maximum Gasteiger partial charge on any atom is 0.290 e. The zero-order valence-corrected chi connectivity index (χ0v) is 15.4. The molecule has 25 heavy (non-hydrogen) atoms. The number of Topliss-reactive ketones (excluding diaryl/α,β-unsaturated/α-hetero) is 1. The summed E-state index contributed by atoms with van der Waals surface area (Å²) in [6.45, 7) is 2.52. The number of hydrogen-bond acceptors (Lipinski definition) is 5. The molecule has 0 aromatic carbocycles. The second-order valence-corrected chi connectivity index (χ2v) is 8.73. The number of amides is 1. The second-order valence-electron chi connectivity index (χ2n) is 6.90. The van der Waals surface area contributed by atoms with Crippen LogP contribution in [0.1, 0.15) is 64.3 Å². The molecule has 2 aliphatic rings. The Morgan fingerprint density at radius 1 is 1.28 bits per heavy atom. The van der Waals surface area contributed by atoms with Crippen LogP contribution in [0.5, 0.6) is 0 Å². The zero-order chi connectivity index (χ0) is 18.2. The Morgan fingerprint density at radius 2 is 2.04 bits per heavy atom. The number of likely N-dealkylation sites (tertiary alicyclic amines) is 1. The van der Waals surface area contributed by atoms with Crippen LogP contribution in [0.15, 0.2) is 4.42 Å². The summed E-state index contributed by atoms with van der Waals surface area (Å²) in [6.07, 6.45) is 5.59. The number of sulfonamides is 1. The maximum absolute atomic E-state index is 13.0. The number of nitrogens with zero attached hydrogens (tertiary/aromatic N) is 1. The summed E-state index contributed by atoms with van der Waals surface area (Å²) in [4.78, 5) is 26.8. The van der Waals surface area contributed by atoms with Crippen LogP contribution in [-0.2, 0) is 16.4 Å². The third-order valence-corrected chi connectivity index (χ3v) is 5.66. The molecule has 138 valence electrons. The van der Waals surface area contributed by atoms with Crippen molar-refractivity contribution in [3.63, 3.8) is 0 Å². The molecule has 1 aliphatic heterocycles. The van der Waals surface area contributed by atoms with Gasteiger partial charge in [0.05, 0.1) is 11.8 Å². The third-order valence-electron chi connectivity index (χ3n) is 4.97. The summed E-state index contributed by atoms with van der Waals surface area (Å²) < 4.78 is 31.0. The number of nitrogens with one attached hydrogen (secondary N) is 1. The molecule has 1 N–H and O–H groups in total. The number of rotatable bonds is 4. The number of furan rings is 1. The van der Waals surface area contributed by atoms with Crippen LogP contribution in [0.4, 0.5) is 0 Å². The molecule has 1 fully saturated rings. The van der Waals surface area contributed by atoms with Crippen LogP contribution < -0.4 is 4.72 Å². The van der Waals surface area contributed by atoms with E-state index in [0.29, 0.717) is 36.3 Å². The highest BCUT2D eigenvalue weighted by Crippen LogP contribution is 2.31. The lowest BCUT2D eigenvalue weighted by Gasteiger charge is -2.35. The van der Waals surface area contributed by atoms with Crippen LogP contribution in [0.25, 0.3) is 0 Å². The van der Waals surface area contributed by atoms with E-state index in [2.05, 4.69) is 4.72 Å². The van der Waals surface area contributed by atoms with Crippen molar-refractivity contribution in [2.45, 2.75) is 51.5 Å². The van der Waals surface area contributed by atoms with E-state index in [-0.39, 0.29) is 30.0 Å². The van der Waals surface area contributed by atoms with Gasteiger partial charge in [-0.3, -0.25) is 9.59 Å². The van der Waals surface area contributed by atoms with Gasteiger partial charge >= 0.3 is 0 Å². The van der Waals surface area contributed by atoms with E-state index in [4.69, 9.17) is 4.42 Å². The molecule has 1 atom stereocenters. The SMILES string of the molecule is Cc1c(C(=O)N2CCCC[C@H]2CNS(C)(=O)=O)oc2c1C(=O)CCC2. The van der Waals surface area contributed by atoms with Gasteiger partial charge in [-0.2, -0.15) is 0 Å². The number of carbonyl (C=O) groups is 2. The molecule has 0 spiro atoms. The van der Waals surface area contributed by atoms with Crippen LogP contribution in [0.2, 0.25) is 0 Å². The molecular weight excluding hydrogens is 344 g/mol. The van der Waals surface area contributed by atoms with Crippen LogP contribution >= 0.6 is 0 Å². The summed E-state index contributed by atoms with van der Waals surface area (Å²) >= 11 is 0. The van der Waals surface area contributed by atoms with E-state index in [1.807, 2.05) is 0 Å². The van der Waals surface area contributed by atoms with Gasteiger partial charge in [0, 0.05) is 37.5 Å². The quantitative estimate of drug-likeness (QED) is 0.872. The highest BCUT2D eigenvalue weighted by Gasteiger charge is 2.34. The highest BCUT2D eigenvalue weighted by molar-refractivity contribution is 7.88. The maximum atomic E-state index is 13.0. The van der Waals surface area contributed by atoms with E-state index in [1.165, 1.54) is 0 Å². The summed E-state index contributed by atoms with van der Waals surface area (Å²) in [5.74, 6) is 0.626. The first-order valence-electron chi connectivity index (χ1n) is 8.69. The molecular formula is C17H24N2O5S. The molecule has 1 aromatic heterocycles. The lowest BCUT2D eigenvalue weighted by atomic mass is 9.93. The van der Waals surface area contributed by atoms with Crippen molar-refractivity contribution in [2.75, 3.05) is 19.3 Å². The predicted molar refractivity (Wildman–Crippen MR) is 92.2 cm³/mol. The molecule has 1 saturated heterocycles. The number of fused-ring (bicyclic) bond motifs is 1. The van der Waals surface area contributed by atoms with E-state index in [0.717, 1.165) is 31.9 Å². The van der Waals surface area contributed by atoms with Gasteiger partial charge in [0.25, 0.3) is 5.91 Å². The monoisotopic (exact) mass is 368 g/mol. The van der Waals surface area contributed by atoms with Crippen molar-refractivity contribution in [1.82, 2.24) is 9.62 Å². The second kappa shape index (κ2) is 6.92. The van der Waals surface area contributed by atoms with Gasteiger partial charge in [-0.1, -0.05) is 0 Å². The Morgan fingerprint density at radius 3 is 2.72 bits per heavy atom. The van der Waals surface area contributed by atoms with E-state index < -0.39 is 10.0 Å². The number of ketones is 1. The fourth-order valence-corrected chi connectivity index (χ4v) is 4.21. The van der Waals surface area contributed by atoms with Gasteiger partial charge < -0.3 is 9.32 Å². The first-order chi connectivity index (χ1) is 11.8. The molecule has 0 unspecified atom stereocenters. The third kappa shape index (κ3) is 3.79. The van der Waals surface area contributed by atoms with Crippen molar-refractivity contribution in [3.8, 4) is 0 Å².